The highest BCUT2D eigenvalue weighted by atomic mass is 32.1. The van der Waals surface area contributed by atoms with E-state index in [1.54, 1.807) is 6.07 Å². The Morgan fingerprint density at radius 2 is 1.79 bits per heavy atom. The zero-order valence-electron chi connectivity index (χ0n) is 17.3. The van der Waals surface area contributed by atoms with E-state index in [-0.39, 0.29) is 24.3 Å². The van der Waals surface area contributed by atoms with Crippen molar-refractivity contribution < 1.29 is 19.1 Å². The summed E-state index contributed by atoms with van der Waals surface area (Å²) in [7, 11) is 0. The Morgan fingerprint density at radius 3 is 2.45 bits per heavy atom. The Labute approximate surface area is 176 Å². The first-order valence-corrected chi connectivity index (χ1v) is 10.9. The maximum atomic E-state index is 12.2. The Hall–Kier alpha value is -2.54. The average molecular weight is 419 g/mol. The summed E-state index contributed by atoms with van der Waals surface area (Å²) in [5.41, 5.74) is 0.941. The molecule has 0 bridgehead atoms. The minimum atomic E-state index is -0.181. The van der Waals surface area contributed by atoms with E-state index in [4.69, 9.17) is 9.47 Å². The van der Waals surface area contributed by atoms with Gasteiger partial charge in [-0.25, -0.2) is 0 Å². The van der Waals surface area contributed by atoms with Crippen LogP contribution in [0, 0.1) is 0 Å². The molecule has 2 rings (SSSR count). The van der Waals surface area contributed by atoms with Crippen LogP contribution in [0.15, 0.2) is 35.7 Å². The molecule has 29 heavy (non-hydrogen) atoms. The lowest BCUT2D eigenvalue weighted by Crippen LogP contribution is -2.31. The largest absolute Gasteiger partial charge is 0.490 e. The van der Waals surface area contributed by atoms with Crippen molar-refractivity contribution in [3.05, 3.63) is 46.2 Å². The van der Waals surface area contributed by atoms with Gasteiger partial charge < -0.3 is 20.1 Å². The molecular weight excluding hydrogens is 388 g/mol. The molecule has 2 aromatic rings. The summed E-state index contributed by atoms with van der Waals surface area (Å²) in [6.45, 7) is 7.57. The highest BCUT2D eigenvalue weighted by Crippen LogP contribution is 2.31. The van der Waals surface area contributed by atoms with E-state index in [2.05, 4.69) is 24.5 Å². The number of amides is 2. The molecule has 1 heterocycles. The molecule has 2 amide bonds. The highest BCUT2D eigenvalue weighted by Gasteiger charge is 2.14. The molecule has 1 unspecified atom stereocenters. The van der Waals surface area contributed by atoms with Crippen molar-refractivity contribution in [1.29, 1.82) is 0 Å². The molecular formula is C22H30N2O4S. The third kappa shape index (κ3) is 7.42. The monoisotopic (exact) mass is 418 g/mol. The van der Waals surface area contributed by atoms with Crippen molar-refractivity contribution in [3.63, 3.8) is 0 Å². The first-order valence-electron chi connectivity index (χ1n) is 10.1. The van der Waals surface area contributed by atoms with Gasteiger partial charge in [0.1, 0.15) is 0 Å². The normalized spacial score (nSPS) is 11.6. The van der Waals surface area contributed by atoms with E-state index in [0.717, 1.165) is 24.2 Å². The minimum absolute atomic E-state index is 0.119. The van der Waals surface area contributed by atoms with Crippen LogP contribution in [0.1, 0.15) is 61.3 Å². The number of carbonyl (C=O) groups excluding carboxylic acids is 2. The highest BCUT2D eigenvalue weighted by molar-refractivity contribution is 7.12. The molecule has 2 N–H and O–H groups in total. The third-order valence-electron chi connectivity index (χ3n) is 4.15. The summed E-state index contributed by atoms with van der Waals surface area (Å²) in [5.74, 6) is 1.15. The van der Waals surface area contributed by atoms with Gasteiger partial charge in [0, 0.05) is 13.0 Å². The molecule has 1 aromatic carbocycles. The first-order chi connectivity index (χ1) is 14.0. The molecule has 0 radical (unpaired) electrons. The van der Waals surface area contributed by atoms with Gasteiger partial charge in [0.25, 0.3) is 5.91 Å². The van der Waals surface area contributed by atoms with Gasteiger partial charge in [0.2, 0.25) is 5.91 Å². The number of carbonyl (C=O) groups is 2. The fourth-order valence-electron chi connectivity index (χ4n) is 2.63. The Balaban J connectivity index is 1.88. The van der Waals surface area contributed by atoms with Crippen molar-refractivity contribution in [3.8, 4) is 11.5 Å². The average Bonchev–Trinajstić information content (AvgIpc) is 3.25. The topological polar surface area (TPSA) is 76.7 Å². The summed E-state index contributed by atoms with van der Waals surface area (Å²) in [5, 5.41) is 7.58. The van der Waals surface area contributed by atoms with Gasteiger partial charge >= 0.3 is 0 Å². The summed E-state index contributed by atoms with van der Waals surface area (Å²) >= 11 is 1.38. The molecule has 158 valence electrons. The molecule has 0 spiro atoms. The quantitative estimate of drug-likeness (QED) is 0.538. The predicted octanol–water partition coefficient (Wildman–Crippen LogP) is 4.32. The van der Waals surface area contributed by atoms with Crippen LogP contribution in [-0.2, 0) is 4.79 Å². The summed E-state index contributed by atoms with van der Waals surface area (Å²) in [6, 6.07) is 9.15. The van der Waals surface area contributed by atoms with Crippen LogP contribution in [0.2, 0.25) is 0 Å². The van der Waals surface area contributed by atoms with Gasteiger partial charge in [-0.15, -0.1) is 11.3 Å². The van der Waals surface area contributed by atoms with E-state index in [1.807, 2.05) is 36.6 Å². The molecule has 7 heteroatoms. The van der Waals surface area contributed by atoms with Gasteiger partial charge in [0.05, 0.1) is 24.1 Å². The zero-order chi connectivity index (χ0) is 21.1. The third-order valence-corrected chi connectivity index (χ3v) is 5.02. The Kier molecular flexibility index (Phi) is 9.50. The number of rotatable bonds is 12. The molecule has 0 saturated carbocycles. The van der Waals surface area contributed by atoms with Crippen molar-refractivity contribution in [2.45, 2.75) is 46.1 Å². The standard InChI is InChI=1S/C22H30N2O4S/c1-4-12-27-18-9-8-17(15-19(18)28-13-5-2)16(3)24-21(25)10-11-23-22(26)20-7-6-14-29-20/h6-9,14-16H,4-5,10-13H2,1-3H3,(H,23,26)(H,24,25). The number of ether oxygens (including phenoxy) is 2. The van der Waals surface area contributed by atoms with Crippen LogP contribution in [0.3, 0.4) is 0 Å². The molecule has 1 aromatic heterocycles. The van der Waals surface area contributed by atoms with Gasteiger partial charge in [-0.05, 0) is 48.9 Å². The molecule has 0 fully saturated rings. The van der Waals surface area contributed by atoms with E-state index < -0.39 is 0 Å². The SMILES string of the molecule is CCCOc1ccc(C(C)NC(=O)CCNC(=O)c2cccs2)cc1OCCC. The lowest BCUT2D eigenvalue weighted by Gasteiger charge is -2.18. The number of hydrogen-bond acceptors (Lipinski definition) is 5. The summed E-state index contributed by atoms with van der Waals surface area (Å²) in [4.78, 5) is 24.8. The van der Waals surface area contributed by atoms with Gasteiger partial charge in [-0.3, -0.25) is 9.59 Å². The fourth-order valence-corrected chi connectivity index (χ4v) is 3.27. The van der Waals surface area contributed by atoms with E-state index in [1.165, 1.54) is 11.3 Å². The second kappa shape index (κ2) is 12.1. The Morgan fingerprint density at radius 1 is 1.07 bits per heavy atom. The van der Waals surface area contributed by atoms with Gasteiger partial charge in [-0.1, -0.05) is 26.0 Å². The van der Waals surface area contributed by atoms with Crippen molar-refractivity contribution in [2.75, 3.05) is 19.8 Å². The molecule has 0 aliphatic carbocycles. The molecule has 0 aliphatic rings. The van der Waals surface area contributed by atoms with Gasteiger partial charge in [-0.2, -0.15) is 0 Å². The Bertz CT molecular complexity index is 777. The zero-order valence-corrected chi connectivity index (χ0v) is 18.1. The maximum Gasteiger partial charge on any atom is 0.261 e. The van der Waals surface area contributed by atoms with Gasteiger partial charge in [0.15, 0.2) is 11.5 Å². The summed E-state index contributed by atoms with van der Waals surface area (Å²) < 4.78 is 11.6. The van der Waals surface area contributed by atoms with Crippen LogP contribution in [0.4, 0.5) is 0 Å². The first kappa shape index (κ1) is 22.7. The number of benzene rings is 1. The maximum absolute atomic E-state index is 12.2. The van der Waals surface area contributed by atoms with E-state index >= 15 is 0 Å². The lowest BCUT2D eigenvalue weighted by atomic mass is 10.1. The lowest BCUT2D eigenvalue weighted by molar-refractivity contribution is -0.121. The second-order valence-corrected chi connectivity index (χ2v) is 7.62. The van der Waals surface area contributed by atoms with Crippen LogP contribution in [0.5, 0.6) is 11.5 Å². The van der Waals surface area contributed by atoms with E-state index in [0.29, 0.717) is 30.4 Å². The van der Waals surface area contributed by atoms with Crippen molar-refractivity contribution in [2.24, 2.45) is 0 Å². The molecule has 0 saturated heterocycles. The smallest absolute Gasteiger partial charge is 0.261 e. The van der Waals surface area contributed by atoms with Crippen molar-refractivity contribution in [1.82, 2.24) is 10.6 Å². The van der Waals surface area contributed by atoms with Crippen LogP contribution in [-0.4, -0.2) is 31.6 Å². The van der Waals surface area contributed by atoms with Crippen LogP contribution >= 0.6 is 11.3 Å². The molecule has 0 aliphatic heterocycles. The predicted molar refractivity (Wildman–Crippen MR) is 116 cm³/mol. The van der Waals surface area contributed by atoms with Crippen LogP contribution in [0.25, 0.3) is 0 Å². The molecule has 1 atom stereocenters. The number of nitrogens with one attached hydrogen (secondary N) is 2. The number of hydrogen-bond donors (Lipinski definition) is 2. The van der Waals surface area contributed by atoms with E-state index in [9.17, 15) is 9.59 Å². The van der Waals surface area contributed by atoms with Crippen molar-refractivity contribution >= 4 is 23.2 Å². The molecule has 6 nitrogen and oxygen atoms in total. The second-order valence-electron chi connectivity index (χ2n) is 6.68. The number of thiophene rings is 1. The van der Waals surface area contributed by atoms with Crippen LogP contribution < -0.4 is 20.1 Å². The summed E-state index contributed by atoms with van der Waals surface area (Å²) in [6.07, 6.45) is 2.05. The fraction of sp³-hybridized carbons (Fsp3) is 0.455. The minimum Gasteiger partial charge on any atom is -0.490 e.